The maximum absolute atomic E-state index is 8.87. The highest BCUT2D eigenvalue weighted by molar-refractivity contribution is 5.73. The number of hydrogen-bond donors (Lipinski definition) is 1. The van der Waals surface area contributed by atoms with Crippen molar-refractivity contribution < 1.29 is 0 Å². The van der Waals surface area contributed by atoms with Gasteiger partial charge in [0.05, 0.1) is 29.4 Å². The van der Waals surface area contributed by atoms with E-state index >= 15 is 0 Å². The lowest BCUT2D eigenvalue weighted by atomic mass is 10.1. The minimum Gasteiger partial charge on any atom is -0.396 e. The number of nitriles is 2. The Morgan fingerprint density at radius 3 is 2.69 bits per heavy atom. The average Bonchev–Trinajstić information content (AvgIpc) is 2.32. The van der Waals surface area contributed by atoms with Crippen LogP contribution in [0.5, 0.6) is 0 Å². The van der Waals surface area contributed by atoms with Crippen LogP contribution in [0.2, 0.25) is 0 Å². The van der Waals surface area contributed by atoms with E-state index in [0.29, 0.717) is 24.2 Å². The van der Waals surface area contributed by atoms with Gasteiger partial charge in [-0.15, -0.1) is 0 Å². The molecule has 0 amide bonds. The highest BCUT2D eigenvalue weighted by Gasteiger charge is 2.10. The van der Waals surface area contributed by atoms with Gasteiger partial charge < -0.3 is 10.6 Å². The summed E-state index contributed by atoms with van der Waals surface area (Å²) in [5.74, 6) is 0. The van der Waals surface area contributed by atoms with Gasteiger partial charge in [0.2, 0.25) is 0 Å². The molecule has 0 heterocycles. The average molecular weight is 214 g/mol. The number of nitrogen functional groups attached to an aromatic ring is 1. The molecule has 0 aliphatic heterocycles. The Bertz CT molecular complexity index is 439. The first-order valence-corrected chi connectivity index (χ1v) is 5.15. The van der Waals surface area contributed by atoms with Crippen molar-refractivity contribution in [3.05, 3.63) is 23.8 Å². The molecule has 4 nitrogen and oxygen atoms in total. The molecule has 1 rings (SSSR count). The zero-order valence-corrected chi connectivity index (χ0v) is 9.27. The highest BCUT2D eigenvalue weighted by atomic mass is 15.1. The minimum atomic E-state index is 0.448. The Morgan fingerprint density at radius 2 is 2.12 bits per heavy atom. The summed E-state index contributed by atoms with van der Waals surface area (Å²) in [6.07, 6.45) is 0.448. The fraction of sp³-hybridized carbons (Fsp3) is 0.333. The van der Waals surface area contributed by atoms with Gasteiger partial charge >= 0.3 is 0 Å². The van der Waals surface area contributed by atoms with Gasteiger partial charge in [0.25, 0.3) is 0 Å². The van der Waals surface area contributed by atoms with E-state index in [1.54, 1.807) is 12.1 Å². The van der Waals surface area contributed by atoms with E-state index in [9.17, 15) is 0 Å². The number of anilines is 2. The van der Waals surface area contributed by atoms with Crippen molar-refractivity contribution in [1.82, 2.24) is 0 Å². The van der Waals surface area contributed by atoms with Crippen LogP contribution in [0, 0.1) is 22.7 Å². The number of rotatable bonds is 4. The molecule has 0 atom stereocenters. The van der Waals surface area contributed by atoms with Crippen molar-refractivity contribution in [3.8, 4) is 12.1 Å². The van der Waals surface area contributed by atoms with Crippen molar-refractivity contribution in [2.75, 3.05) is 23.7 Å². The first-order chi connectivity index (χ1) is 7.74. The normalized spacial score (nSPS) is 9.19. The van der Waals surface area contributed by atoms with Crippen LogP contribution in [-0.4, -0.2) is 13.1 Å². The third-order valence-electron chi connectivity index (χ3n) is 2.42. The van der Waals surface area contributed by atoms with E-state index in [4.69, 9.17) is 16.3 Å². The fourth-order valence-electron chi connectivity index (χ4n) is 1.56. The molecule has 0 radical (unpaired) electrons. The van der Waals surface area contributed by atoms with Crippen LogP contribution in [0.15, 0.2) is 18.2 Å². The zero-order chi connectivity index (χ0) is 12.0. The third-order valence-corrected chi connectivity index (χ3v) is 2.42. The number of nitrogens with zero attached hydrogens (tertiary/aromatic N) is 3. The van der Waals surface area contributed by atoms with Crippen molar-refractivity contribution in [3.63, 3.8) is 0 Å². The standard InChI is InChI=1S/C12H14N4/c1-2-16(8-4-7-13)11-6-3-5-10(9-14)12(11)15/h3,5-6H,2,4,8,15H2,1H3. The second-order valence-corrected chi connectivity index (χ2v) is 3.34. The number of hydrogen-bond acceptors (Lipinski definition) is 4. The quantitative estimate of drug-likeness (QED) is 0.776. The van der Waals surface area contributed by atoms with Gasteiger partial charge in [-0.25, -0.2) is 0 Å². The summed E-state index contributed by atoms with van der Waals surface area (Å²) in [5.41, 5.74) is 7.70. The highest BCUT2D eigenvalue weighted by Crippen LogP contribution is 2.26. The van der Waals surface area contributed by atoms with Crippen LogP contribution >= 0.6 is 0 Å². The largest absolute Gasteiger partial charge is 0.396 e. The summed E-state index contributed by atoms with van der Waals surface area (Å²) in [5, 5.41) is 17.4. The van der Waals surface area contributed by atoms with E-state index in [1.165, 1.54) is 0 Å². The van der Waals surface area contributed by atoms with Crippen LogP contribution in [0.25, 0.3) is 0 Å². The van der Waals surface area contributed by atoms with Gasteiger partial charge in [0, 0.05) is 13.1 Å². The lowest BCUT2D eigenvalue weighted by molar-refractivity contribution is 0.828. The Morgan fingerprint density at radius 1 is 1.38 bits per heavy atom. The molecular weight excluding hydrogens is 200 g/mol. The summed E-state index contributed by atoms with van der Waals surface area (Å²) in [4.78, 5) is 2.00. The molecule has 16 heavy (non-hydrogen) atoms. The summed E-state index contributed by atoms with van der Waals surface area (Å²) < 4.78 is 0. The van der Waals surface area contributed by atoms with Gasteiger partial charge in [-0.3, -0.25) is 0 Å². The van der Waals surface area contributed by atoms with Crippen molar-refractivity contribution in [2.24, 2.45) is 0 Å². The Balaban J connectivity index is 3.02. The van der Waals surface area contributed by atoms with Crippen molar-refractivity contribution >= 4 is 11.4 Å². The molecule has 0 fully saturated rings. The van der Waals surface area contributed by atoms with Gasteiger partial charge in [-0.1, -0.05) is 6.07 Å². The summed E-state index contributed by atoms with van der Waals surface area (Å²) in [7, 11) is 0. The molecule has 82 valence electrons. The molecule has 0 unspecified atom stereocenters. The van der Waals surface area contributed by atoms with Crippen LogP contribution in [-0.2, 0) is 0 Å². The zero-order valence-electron chi connectivity index (χ0n) is 9.27. The first kappa shape index (κ1) is 11.9. The molecule has 2 N–H and O–H groups in total. The van der Waals surface area contributed by atoms with Crippen LogP contribution in [0.4, 0.5) is 11.4 Å². The molecule has 0 saturated carbocycles. The van der Waals surface area contributed by atoms with Crippen molar-refractivity contribution in [2.45, 2.75) is 13.3 Å². The molecule has 0 bridgehead atoms. The van der Waals surface area contributed by atoms with Crippen LogP contribution < -0.4 is 10.6 Å². The predicted molar refractivity (Wildman–Crippen MR) is 63.7 cm³/mol. The molecule has 0 aliphatic carbocycles. The summed E-state index contributed by atoms with van der Waals surface area (Å²) >= 11 is 0. The lowest BCUT2D eigenvalue weighted by Crippen LogP contribution is -2.24. The topological polar surface area (TPSA) is 76.8 Å². The van der Waals surface area contributed by atoms with Crippen LogP contribution in [0.1, 0.15) is 18.9 Å². The molecule has 0 aliphatic rings. The monoisotopic (exact) mass is 214 g/mol. The Labute approximate surface area is 95.5 Å². The number of para-hydroxylation sites is 1. The molecule has 4 heteroatoms. The SMILES string of the molecule is CCN(CCC#N)c1cccc(C#N)c1N. The fourth-order valence-corrected chi connectivity index (χ4v) is 1.56. The molecular formula is C12H14N4. The van der Waals surface area contributed by atoms with Gasteiger partial charge in [-0.2, -0.15) is 10.5 Å². The number of nitrogens with two attached hydrogens (primary N) is 1. The predicted octanol–water partition coefficient (Wildman–Crippen LogP) is 1.88. The van der Waals surface area contributed by atoms with Gasteiger partial charge in [0.1, 0.15) is 6.07 Å². The second kappa shape index (κ2) is 5.63. The summed E-state index contributed by atoms with van der Waals surface area (Å²) in [6, 6.07) is 9.53. The molecule has 0 saturated heterocycles. The maximum Gasteiger partial charge on any atom is 0.101 e. The lowest BCUT2D eigenvalue weighted by Gasteiger charge is -2.23. The Hall–Kier alpha value is -2.20. The molecule has 0 aromatic heterocycles. The number of benzene rings is 1. The van der Waals surface area contributed by atoms with Gasteiger partial charge in [0.15, 0.2) is 0 Å². The van der Waals surface area contributed by atoms with Crippen LogP contribution in [0.3, 0.4) is 0 Å². The first-order valence-electron chi connectivity index (χ1n) is 5.15. The maximum atomic E-state index is 8.87. The van der Waals surface area contributed by atoms with E-state index in [1.807, 2.05) is 17.9 Å². The van der Waals surface area contributed by atoms with Crippen molar-refractivity contribution in [1.29, 1.82) is 10.5 Å². The third kappa shape index (κ3) is 2.43. The van der Waals surface area contributed by atoms with Gasteiger partial charge in [-0.05, 0) is 19.1 Å². The van der Waals surface area contributed by atoms with E-state index in [0.717, 1.165) is 12.2 Å². The smallest absolute Gasteiger partial charge is 0.101 e. The molecule has 1 aromatic carbocycles. The van der Waals surface area contributed by atoms with E-state index in [2.05, 4.69) is 12.1 Å². The minimum absolute atomic E-state index is 0.448. The van der Waals surface area contributed by atoms with E-state index < -0.39 is 0 Å². The molecule has 1 aromatic rings. The van der Waals surface area contributed by atoms with E-state index in [-0.39, 0.29) is 0 Å². The Kier molecular flexibility index (Phi) is 4.17. The molecule has 0 spiro atoms. The summed E-state index contributed by atoms with van der Waals surface area (Å²) in [6.45, 7) is 3.39. The second-order valence-electron chi connectivity index (χ2n) is 3.34.